The fraction of sp³-hybridized carbons (Fsp3) is 0.636. The molecule has 0 radical (unpaired) electrons. The van der Waals surface area contributed by atoms with Crippen molar-refractivity contribution >= 4 is 17.7 Å². The van der Waals surface area contributed by atoms with Crippen molar-refractivity contribution in [2.24, 2.45) is 0 Å². The van der Waals surface area contributed by atoms with E-state index in [1.54, 1.807) is 11.8 Å². The molecule has 0 amide bonds. The first-order valence-corrected chi connectivity index (χ1v) is 6.40. The highest BCUT2D eigenvalue weighted by Gasteiger charge is 2.06. The van der Waals surface area contributed by atoms with E-state index in [0.29, 0.717) is 5.95 Å². The van der Waals surface area contributed by atoms with Gasteiger partial charge in [0, 0.05) is 17.5 Å². The van der Waals surface area contributed by atoms with Crippen LogP contribution >= 0.6 is 11.8 Å². The molecule has 4 nitrogen and oxygen atoms in total. The summed E-state index contributed by atoms with van der Waals surface area (Å²) in [5.41, 5.74) is 0.946. The van der Waals surface area contributed by atoms with Gasteiger partial charge in [-0.25, -0.2) is 9.97 Å². The summed E-state index contributed by atoms with van der Waals surface area (Å²) in [6.07, 6.45) is 1.05. The molecule has 16 heavy (non-hydrogen) atoms. The van der Waals surface area contributed by atoms with Gasteiger partial charge in [-0.1, -0.05) is 13.8 Å². The van der Waals surface area contributed by atoms with Crippen molar-refractivity contribution in [2.45, 2.75) is 37.5 Å². The Bertz CT molecular complexity index is 333. The lowest BCUT2D eigenvalue weighted by atomic mass is 10.4. The molecule has 2 N–H and O–H groups in total. The molecule has 90 valence electrons. The van der Waals surface area contributed by atoms with Crippen LogP contribution in [0.3, 0.4) is 0 Å². The Morgan fingerprint density at radius 3 is 2.88 bits per heavy atom. The summed E-state index contributed by atoms with van der Waals surface area (Å²) in [4.78, 5) is 8.70. The van der Waals surface area contributed by atoms with E-state index < -0.39 is 0 Å². The van der Waals surface area contributed by atoms with Gasteiger partial charge in [0.1, 0.15) is 5.03 Å². The highest BCUT2D eigenvalue weighted by atomic mass is 32.2. The van der Waals surface area contributed by atoms with Gasteiger partial charge in [-0.3, -0.25) is 0 Å². The first-order valence-electron chi connectivity index (χ1n) is 5.52. The topological polar surface area (TPSA) is 58.0 Å². The van der Waals surface area contributed by atoms with Crippen molar-refractivity contribution in [3.8, 4) is 0 Å². The lowest BCUT2D eigenvalue weighted by Crippen LogP contribution is -2.07. The minimum absolute atomic E-state index is 0.158. The van der Waals surface area contributed by atoms with Gasteiger partial charge in [0.25, 0.3) is 0 Å². The van der Waals surface area contributed by atoms with Gasteiger partial charge in [-0.2, -0.15) is 0 Å². The van der Waals surface area contributed by atoms with Crippen LogP contribution < -0.4 is 5.32 Å². The molecule has 1 heterocycles. The molecule has 1 rings (SSSR count). The van der Waals surface area contributed by atoms with Crippen LogP contribution in [-0.4, -0.2) is 33.5 Å². The molecule has 0 aliphatic heterocycles. The second-order valence-corrected chi connectivity index (χ2v) is 5.17. The summed E-state index contributed by atoms with van der Waals surface area (Å²) in [6.45, 7) is 7.06. The first-order chi connectivity index (χ1) is 7.65. The molecule has 1 atom stereocenters. The number of hydrogen-bond donors (Lipinski definition) is 2. The highest BCUT2D eigenvalue weighted by molar-refractivity contribution is 7.99. The van der Waals surface area contributed by atoms with E-state index in [4.69, 9.17) is 5.11 Å². The molecule has 1 unspecified atom stereocenters. The van der Waals surface area contributed by atoms with Crippen LogP contribution in [0.5, 0.6) is 0 Å². The third-order valence-corrected chi connectivity index (χ3v) is 2.94. The summed E-state index contributed by atoms with van der Waals surface area (Å²) in [5, 5.41) is 13.2. The van der Waals surface area contributed by atoms with Gasteiger partial charge in [0.2, 0.25) is 5.95 Å². The Morgan fingerprint density at radius 2 is 2.25 bits per heavy atom. The zero-order valence-corrected chi connectivity index (χ0v) is 10.8. The Morgan fingerprint density at radius 1 is 1.50 bits per heavy atom. The largest absolute Gasteiger partial charge is 0.395 e. The fourth-order valence-electron chi connectivity index (χ4n) is 1.16. The molecule has 0 saturated heterocycles. The summed E-state index contributed by atoms with van der Waals surface area (Å²) in [7, 11) is 0. The third kappa shape index (κ3) is 4.37. The number of hydrogen-bond acceptors (Lipinski definition) is 5. The van der Waals surface area contributed by atoms with Gasteiger partial charge >= 0.3 is 0 Å². The average molecular weight is 241 g/mol. The Balaban J connectivity index is 2.73. The molecule has 1 aromatic rings. The number of anilines is 1. The van der Waals surface area contributed by atoms with E-state index in [1.807, 2.05) is 19.9 Å². The second-order valence-electron chi connectivity index (χ2n) is 3.71. The zero-order chi connectivity index (χ0) is 12.0. The molecule has 0 saturated carbocycles. The first kappa shape index (κ1) is 13.3. The summed E-state index contributed by atoms with van der Waals surface area (Å²) in [5.74, 6) is 0.675. The van der Waals surface area contributed by atoms with Crippen LogP contribution in [0.25, 0.3) is 0 Å². The number of rotatable bonds is 6. The van der Waals surface area contributed by atoms with E-state index in [9.17, 15) is 0 Å². The van der Waals surface area contributed by atoms with Gasteiger partial charge < -0.3 is 10.4 Å². The summed E-state index contributed by atoms with van der Waals surface area (Å²) in [6, 6.07) is 1.94. The Labute approximate surface area is 101 Å². The number of nitrogens with zero attached hydrogens (tertiary/aromatic N) is 2. The maximum Gasteiger partial charge on any atom is 0.223 e. The third-order valence-electron chi connectivity index (χ3n) is 1.94. The molecule has 0 aliphatic carbocycles. The number of aryl methyl sites for hydroxylation is 1. The maximum absolute atomic E-state index is 9.00. The normalized spacial score (nSPS) is 12.5. The average Bonchev–Trinajstić information content (AvgIpc) is 2.25. The summed E-state index contributed by atoms with van der Waals surface area (Å²) < 4.78 is 0. The molecule has 0 aromatic carbocycles. The van der Waals surface area contributed by atoms with Gasteiger partial charge in [0.15, 0.2) is 0 Å². The molecule has 1 aromatic heterocycles. The predicted molar refractivity (Wildman–Crippen MR) is 68.0 cm³/mol. The van der Waals surface area contributed by atoms with E-state index in [2.05, 4.69) is 22.2 Å². The maximum atomic E-state index is 9.00. The fourth-order valence-corrected chi connectivity index (χ4v) is 2.02. The lowest BCUT2D eigenvalue weighted by molar-refractivity contribution is 0.300. The molecular formula is C11H19N3OS. The van der Waals surface area contributed by atoms with E-state index in [1.165, 1.54) is 0 Å². The van der Waals surface area contributed by atoms with Crippen molar-refractivity contribution in [2.75, 3.05) is 18.5 Å². The smallest absolute Gasteiger partial charge is 0.223 e. The van der Waals surface area contributed by atoms with Crippen LogP contribution in [0.15, 0.2) is 11.1 Å². The molecule has 5 heteroatoms. The van der Waals surface area contributed by atoms with Crippen molar-refractivity contribution in [3.63, 3.8) is 0 Å². The monoisotopic (exact) mass is 241 g/mol. The van der Waals surface area contributed by atoms with Gasteiger partial charge in [-0.05, 0) is 19.4 Å². The minimum Gasteiger partial charge on any atom is -0.395 e. The SMILES string of the molecule is CCCNc1nc(C)cc(SC(C)CO)n1. The van der Waals surface area contributed by atoms with Crippen LogP contribution in [0.2, 0.25) is 0 Å². The van der Waals surface area contributed by atoms with E-state index in [-0.39, 0.29) is 11.9 Å². The van der Waals surface area contributed by atoms with E-state index in [0.717, 1.165) is 23.7 Å². The molecule has 0 aliphatic rings. The Kier molecular flexibility index (Phi) is 5.55. The number of aromatic nitrogens is 2. The minimum atomic E-state index is 0.158. The van der Waals surface area contributed by atoms with Gasteiger partial charge in [-0.15, -0.1) is 11.8 Å². The standard InChI is InChI=1S/C11H19N3OS/c1-4-5-12-11-13-8(2)6-10(14-11)16-9(3)7-15/h6,9,15H,4-5,7H2,1-3H3,(H,12,13,14). The quantitative estimate of drug-likeness (QED) is 0.590. The van der Waals surface area contributed by atoms with Crippen LogP contribution in [-0.2, 0) is 0 Å². The van der Waals surface area contributed by atoms with Crippen LogP contribution in [0.4, 0.5) is 5.95 Å². The summed E-state index contributed by atoms with van der Waals surface area (Å²) >= 11 is 1.56. The number of thioether (sulfide) groups is 1. The van der Waals surface area contributed by atoms with Crippen LogP contribution in [0.1, 0.15) is 26.0 Å². The second kappa shape index (κ2) is 6.70. The molecular weight excluding hydrogens is 222 g/mol. The van der Waals surface area contributed by atoms with Crippen molar-refractivity contribution in [3.05, 3.63) is 11.8 Å². The number of aliphatic hydroxyl groups excluding tert-OH is 1. The van der Waals surface area contributed by atoms with Crippen molar-refractivity contribution in [1.29, 1.82) is 0 Å². The lowest BCUT2D eigenvalue weighted by Gasteiger charge is -2.09. The Hall–Kier alpha value is -0.810. The predicted octanol–water partition coefficient (Wildman–Crippen LogP) is 2.08. The van der Waals surface area contributed by atoms with Crippen LogP contribution in [0, 0.1) is 6.92 Å². The molecule has 0 bridgehead atoms. The van der Waals surface area contributed by atoms with Crippen molar-refractivity contribution in [1.82, 2.24) is 9.97 Å². The zero-order valence-electron chi connectivity index (χ0n) is 10.0. The van der Waals surface area contributed by atoms with E-state index >= 15 is 0 Å². The molecule has 0 fully saturated rings. The molecule has 0 spiro atoms. The van der Waals surface area contributed by atoms with Gasteiger partial charge in [0.05, 0.1) is 6.61 Å². The highest BCUT2D eigenvalue weighted by Crippen LogP contribution is 2.22. The van der Waals surface area contributed by atoms with Crippen molar-refractivity contribution < 1.29 is 5.11 Å². The number of aliphatic hydroxyl groups is 1. The number of nitrogens with one attached hydrogen (secondary N) is 1.